The highest BCUT2D eigenvalue weighted by molar-refractivity contribution is 5.83. The van der Waals surface area contributed by atoms with Crippen molar-refractivity contribution in [2.45, 2.75) is 44.7 Å². The number of amides is 1. The second-order valence-corrected chi connectivity index (χ2v) is 7.44. The Morgan fingerprint density at radius 2 is 1.53 bits per heavy atom. The molecule has 1 amide bonds. The van der Waals surface area contributed by atoms with Gasteiger partial charge in [-0.15, -0.1) is 0 Å². The van der Waals surface area contributed by atoms with E-state index >= 15 is 0 Å². The first-order chi connectivity index (χ1) is 15.5. The molecule has 1 aliphatic heterocycles. The molecule has 8 heteroatoms. The van der Waals surface area contributed by atoms with Crippen LogP contribution in [0.15, 0.2) is 60.7 Å². The van der Waals surface area contributed by atoms with Crippen LogP contribution < -0.4 is 0 Å². The number of likely N-dealkylation sites (tertiary alicyclic amines) is 1. The standard InChI is InChI=1S/C24H27NO7/c1-17(26)32-22-13-20(23(27)29-2)25(24(28)31-15-19-11-7-4-8-12-19)21(22)16-30-14-18-9-5-3-6-10-18/h3-12,20-22H,13-16H2,1-2H3/t20-,21+,22-/m0/s1. The van der Waals surface area contributed by atoms with E-state index in [9.17, 15) is 14.4 Å². The molecule has 2 aromatic rings. The van der Waals surface area contributed by atoms with Gasteiger partial charge >= 0.3 is 18.0 Å². The lowest BCUT2D eigenvalue weighted by Crippen LogP contribution is -2.49. The summed E-state index contributed by atoms with van der Waals surface area (Å²) in [4.78, 5) is 38.4. The summed E-state index contributed by atoms with van der Waals surface area (Å²) < 4.78 is 21.6. The number of esters is 2. The van der Waals surface area contributed by atoms with E-state index in [1.165, 1.54) is 18.9 Å². The Kier molecular flexibility index (Phi) is 8.21. The number of benzene rings is 2. The Morgan fingerprint density at radius 3 is 2.09 bits per heavy atom. The van der Waals surface area contributed by atoms with Crippen LogP contribution in [0.4, 0.5) is 4.79 Å². The number of carbonyl (C=O) groups is 3. The normalized spacial score (nSPS) is 19.9. The average molecular weight is 441 g/mol. The van der Waals surface area contributed by atoms with Crippen molar-refractivity contribution in [1.29, 1.82) is 0 Å². The first kappa shape index (κ1) is 23.3. The summed E-state index contributed by atoms with van der Waals surface area (Å²) >= 11 is 0. The van der Waals surface area contributed by atoms with Gasteiger partial charge in [0, 0.05) is 13.3 Å². The van der Waals surface area contributed by atoms with E-state index in [0.717, 1.165) is 11.1 Å². The second kappa shape index (κ2) is 11.3. The molecule has 0 radical (unpaired) electrons. The summed E-state index contributed by atoms with van der Waals surface area (Å²) in [5, 5.41) is 0. The van der Waals surface area contributed by atoms with E-state index in [1.807, 2.05) is 60.7 Å². The zero-order valence-corrected chi connectivity index (χ0v) is 18.1. The predicted octanol–water partition coefficient (Wildman–Crippen LogP) is 3.09. The number of methoxy groups -OCH3 is 1. The third-order valence-corrected chi connectivity index (χ3v) is 5.18. The van der Waals surface area contributed by atoms with Crippen LogP contribution in [-0.4, -0.2) is 54.8 Å². The molecule has 8 nitrogen and oxygen atoms in total. The highest BCUT2D eigenvalue weighted by Crippen LogP contribution is 2.30. The number of ether oxygens (including phenoxy) is 4. The van der Waals surface area contributed by atoms with Crippen molar-refractivity contribution in [2.24, 2.45) is 0 Å². The lowest BCUT2D eigenvalue weighted by Gasteiger charge is -2.29. The molecule has 1 heterocycles. The van der Waals surface area contributed by atoms with Gasteiger partial charge < -0.3 is 18.9 Å². The largest absolute Gasteiger partial charge is 0.467 e. The fraction of sp³-hybridized carbons (Fsp3) is 0.375. The topological polar surface area (TPSA) is 91.4 Å². The van der Waals surface area contributed by atoms with Crippen molar-refractivity contribution < 1.29 is 33.3 Å². The van der Waals surface area contributed by atoms with E-state index in [1.54, 1.807) is 0 Å². The number of rotatable bonds is 8. The molecule has 170 valence electrons. The van der Waals surface area contributed by atoms with Gasteiger partial charge in [-0.2, -0.15) is 0 Å². The van der Waals surface area contributed by atoms with Crippen LogP contribution in [0.25, 0.3) is 0 Å². The van der Waals surface area contributed by atoms with Crippen molar-refractivity contribution in [3.63, 3.8) is 0 Å². The van der Waals surface area contributed by atoms with Crippen LogP contribution in [0.2, 0.25) is 0 Å². The van der Waals surface area contributed by atoms with Gasteiger partial charge in [-0.05, 0) is 11.1 Å². The lowest BCUT2D eigenvalue weighted by atomic mass is 10.1. The maximum Gasteiger partial charge on any atom is 0.411 e. The van der Waals surface area contributed by atoms with E-state index in [0.29, 0.717) is 6.61 Å². The fourth-order valence-corrected chi connectivity index (χ4v) is 3.70. The van der Waals surface area contributed by atoms with E-state index in [4.69, 9.17) is 18.9 Å². The summed E-state index contributed by atoms with van der Waals surface area (Å²) in [6.45, 7) is 1.69. The molecule has 3 atom stereocenters. The maximum atomic E-state index is 13.0. The van der Waals surface area contributed by atoms with Gasteiger partial charge in [0.25, 0.3) is 0 Å². The van der Waals surface area contributed by atoms with Gasteiger partial charge in [-0.25, -0.2) is 9.59 Å². The predicted molar refractivity (Wildman–Crippen MR) is 114 cm³/mol. The molecule has 32 heavy (non-hydrogen) atoms. The van der Waals surface area contributed by atoms with Crippen LogP contribution in [0, 0.1) is 0 Å². The monoisotopic (exact) mass is 441 g/mol. The Hall–Kier alpha value is -3.39. The molecule has 0 unspecified atom stereocenters. The molecule has 2 aromatic carbocycles. The van der Waals surface area contributed by atoms with Crippen LogP contribution in [0.3, 0.4) is 0 Å². The smallest absolute Gasteiger partial charge is 0.411 e. The van der Waals surface area contributed by atoms with Gasteiger partial charge in [0.05, 0.1) is 26.4 Å². The number of carbonyl (C=O) groups excluding carboxylic acids is 3. The van der Waals surface area contributed by atoms with E-state index < -0.39 is 36.2 Å². The Labute approximate surface area is 187 Å². The zero-order chi connectivity index (χ0) is 22.9. The highest BCUT2D eigenvalue weighted by Gasteiger charge is 2.50. The molecule has 0 aliphatic carbocycles. The molecule has 0 N–H and O–H groups in total. The molecule has 3 rings (SSSR count). The van der Waals surface area contributed by atoms with Crippen molar-refractivity contribution >= 4 is 18.0 Å². The summed E-state index contributed by atoms with van der Waals surface area (Å²) in [6.07, 6.45) is -1.32. The summed E-state index contributed by atoms with van der Waals surface area (Å²) in [6, 6.07) is 17.1. The Balaban J connectivity index is 1.76. The summed E-state index contributed by atoms with van der Waals surface area (Å²) in [5.74, 6) is -1.12. The molecular weight excluding hydrogens is 414 g/mol. The SMILES string of the molecule is COC(=O)[C@@H]1C[C@H](OC(C)=O)[C@@H](COCc2ccccc2)N1C(=O)OCc1ccccc1. The number of hydrogen-bond acceptors (Lipinski definition) is 7. The third-order valence-electron chi connectivity index (χ3n) is 5.18. The molecule has 0 spiro atoms. The van der Waals surface area contributed by atoms with Gasteiger partial charge in [0.2, 0.25) is 0 Å². The quantitative estimate of drug-likeness (QED) is 0.459. The molecule has 0 aromatic heterocycles. The average Bonchev–Trinajstić information content (AvgIpc) is 3.15. The molecule has 1 fully saturated rings. The minimum atomic E-state index is -0.946. The van der Waals surface area contributed by atoms with Crippen LogP contribution in [0.5, 0.6) is 0 Å². The summed E-state index contributed by atoms with van der Waals surface area (Å²) in [7, 11) is 1.25. The maximum absolute atomic E-state index is 13.0. The van der Waals surface area contributed by atoms with E-state index in [2.05, 4.69) is 0 Å². The minimum absolute atomic E-state index is 0.0416. The third kappa shape index (κ3) is 6.07. The second-order valence-electron chi connectivity index (χ2n) is 7.44. The Bertz CT molecular complexity index is 903. The van der Waals surface area contributed by atoms with Crippen molar-refractivity contribution in [3.05, 3.63) is 71.8 Å². The number of hydrogen-bond donors (Lipinski definition) is 0. The first-order valence-corrected chi connectivity index (χ1v) is 10.3. The van der Waals surface area contributed by atoms with E-state index in [-0.39, 0.29) is 19.6 Å². The van der Waals surface area contributed by atoms with Crippen molar-refractivity contribution in [2.75, 3.05) is 13.7 Å². The minimum Gasteiger partial charge on any atom is -0.467 e. The fourth-order valence-electron chi connectivity index (χ4n) is 3.70. The van der Waals surface area contributed by atoms with Gasteiger partial charge in [0.1, 0.15) is 18.8 Å². The lowest BCUT2D eigenvalue weighted by molar-refractivity contribution is -0.148. The molecular formula is C24H27NO7. The Morgan fingerprint density at radius 1 is 0.938 bits per heavy atom. The number of nitrogens with zero attached hydrogens (tertiary/aromatic N) is 1. The van der Waals surface area contributed by atoms with Crippen LogP contribution in [0.1, 0.15) is 24.5 Å². The van der Waals surface area contributed by atoms with Crippen LogP contribution in [-0.2, 0) is 41.8 Å². The van der Waals surface area contributed by atoms with Gasteiger partial charge in [-0.1, -0.05) is 60.7 Å². The van der Waals surface area contributed by atoms with Crippen molar-refractivity contribution in [3.8, 4) is 0 Å². The van der Waals surface area contributed by atoms with Gasteiger partial charge in [0.15, 0.2) is 0 Å². The van der Waals surface area contributed by atoms with Gasteiger partial charge in [-0.3, -0.25) is 9.69 Å². The molecule has 0 bridgehead atoms. The highest BCUT2D eigenvalue weighted by atomic mass is 16.6. The van der Waals surface area contributed by atoms with Crippen LogP contribution >= 0.6 is 0 Å². The molecule has 0 saturated carbocycles. The molecule has 1 aliphatic rings. The summed E-state index contributed by atoms with van der Waals surface area (Å²) in [5.41, 5.74) is 1.76. The first-order valence-electron chi connectivity index (χ1n) is 10.3. The zero-order valence-electron chi connectivity index (χ0n) is 18.1. The van der Waals surface area contributed by atoms with Crippen molar-refractivity contribution in [1.82, 2.24) is 4.90 Å². The molecule has 1 saturated heterocycles.